The fourth-order valence-electron chi connectivity index (χ4n) is 5.87. The summed E-state index contributed by atoms with van der Waals surface area (Å²) in [5.41, 5.74) is 0.747. The number of morpholine rings is 1. The summed E-state index contributed by atoms with van der Waals surface area (Å²) in [6, 6.07) is 7.15. The molecule has 13 heteroatoms. The topological polar surface area (TPSA) is 157 Å². The summed E-state index contributed by atoms with van der Waals surface area (Å²) in [6.07, 6.45) is 5.73. The molecule has 5 atom stereocenters. The fourth-order valence-corrected chi connectivity index (χ4v) is 7.95. The third kappa shape index (κ3) is 12.6. The Morgan fingerprint density at radius 3 is 2.36 bits per heavy atom. The molecule has 3 rings (SSSR count). The second-order valence-corrected chi connectivity index (χ2v) is 15.3. The maximum Gasteiger partial charge on any atom is 0.280 e. The highest BCUT2D eigenvalue weighted by Crippen LogP contribution is 2.29. The molecular formula is C32H52N4O7S2. The van der Waals surface area contributed by atoms with Crippen molar-refractivity contribution in [2.24, 2.45) is 11.8 Å². The largest absolute Gasteiger partial charge is 0.390 e. The lowest BCUT2D eigenvalue weighted by Gasteiger charge is -2.34. The molecule has 1 saturated carbocycles. The highest BCUT2D eigenvalue weighted by atomic mass is 32.2. The summed E-state index contributed by atoms with van der Waals surface area (Å²) >= 11 is 1.14. The third-order valence-electron chi connectivity index (χ3n) is 8.25. The van der Waals surface area contributed by atoms with Crippen LogP contribution in [0.4, 0.5) is 0 Å². The summed E-state index contributed by atoms with van der Waals surface area (Å²) in [7, 11) is -4.03. The fraction of sp³-hybridized carbons (Fsp3) is 0.688. The highest BCUT2D eigenvalue weighted by molar-refractivity contribution is 8.00. The quantitative estimate of drug-likeness (QED) is 0.118. The Bertz CT molecular complexity index is 1160. The SMILES string of the molecule is C=CCSC(NC(=O)[C@H](Cc1ccccc1)NS(=O)(=O)N1CCOCC1)C(=O)N[C@@H](CC1CCCCC1)[C@@H](O)[C@@H](O)CC(C)C. The van der Waals surface area contributed by atoms with Gasteiger partial charge in [0.2, 0.25) is 5.91 Å². The van der Waals surface area contributed by atoms with Crippen molar-refractivity contribution < 1.29 is 33.0 Å². The van der Waals surface area contributed by atoms with E-state index < -0.39 is 51.7 Å². The molecule has 0 aromatic heterocycles. The van der Waals surface area contributed by atoms with E-state index in [4.69, 9.17) is 4.74 Å². The van der Waals surface area contributed by atoms with Crippen molar-refractivity contribution in [3.8, 4) is 0 Å². The molecule has 0 radical (unpaired) electrons. The van der Waals surface area contributed by atoms with Crippen LogP contribution >= 0.6 is 11.8 Å². The van der Waals surface area contributed by atoms with Crippen LogP contribution in [-0.4, -0.2) is 96.5 Å². The normalized spacial score (nSPS) is 20.1. The van der Waals surface area contributed by atoms with E-state index >= 15 is 0 Å². The molecule has 1 aliphatic heterocycles. The van der Waals surface area contributed by atoms with Gasteiger partial charge in [-0.2, -0.15) is 17.4 Å². The molecule has 1 aromatic rings. The average Bonchev–Trinajstić information content (AvgIpc) is 3.02. The molecule has 254 valence electrons. The van der Waals surface area contributed by atoms with E-state index in [1.165, 1.54) is 4.31 Å². The van der Waals surface area contributed by atoms with Crippen LogP contribution < -0.4 is 15.4 Å². The zero-order valence-electron chi connectivity index (χ0n) is 26.6. The molecule has 1 aromatic carbocycles. The molecule has 2 amide bonds. The van der Waals surface area contributed by atoms with Crippen LogP contribution in [0.2, 0.25) is 0 Å². The maximum atomic E-state index is 13.8. The molecule has 1 saturated heterocycles. The minimum atomic E-state index is -4.03. The Labute approximate surface area is 273 Å². The van der Waals surface area contributed by atoms with Gasteiger partial charge in [-0.05, 0) is 36.7 Å². The molecular weight excluding hydrogens is 617 g/mol. The zero-order valence-corrected chi connectivity index (χ0v) is 28.2. The number of aliphatic hydroxyl groups excluding tert-OH is 2. The van der Waals surface area contributed by atoms with E-state index in [9.17, 15) is 28.2 Å². The van der Waals surface area contributed by atoms with Gasteiger partial charge in [0.25, 0.3) is 16.1 Å². The van der Waals surface area contributed by atoms with E-state index in [1.54, 1.807) is 18.2 Å². The molecule has 1 unspecified atom stereocenters. The number of nitrogens with zero attached hydrogens (tertiary/aromatic N) is 1. The predicted octanol–water partition coefficient (Wildman–Crippen LogP) is 2.35. The number of nitrogens with one attached hydrogen (secondary N) is 3. The maximum absolute atomic E-state index is 13.8. The Balaban J connectivity index is 1.80. The monoisotopic (exact) mass is 668 g/mol. The lowest BCUT2D eigenvalue weighted by molar-refractivity contribution is -0.129. The third-order valence-corrected chi connectivity index (χ3v) is 11.0. The molecule has 1 heterocycles. The molecule has 11 nitrogen and oxygen atoms in total. The number of benzene rings is 1. The van der Waals surface area contributed by atoms with Crippen LogP contribution in [0.3, 0.4) is 0 Å². The minimum absolute atomic E-state index is 0.0706. The summed E-state index contributed by atoms with van der Waals surface area (Å²) in [5.74, 6) is -0.382. The van der Waals surface area contributed by atoms with Gasteiger partial charge in [-0.1, -0.05) is 82.4 Å². The van der Waals surface area contributed by atoms with Gasteiger partial charge < -0.3 is 25.6 Å². The van der Waals surface area contributed by atoms with Crippen LogP contribution in [0.1, 0.15) is 64.4 Å². The number of hydrogen-bond donors (Lipinski definition) is 5. The Hall–Kier alpha value is -2.00. The highest BCUT2D eigenvalue weighted by Gasteiger charge is 2.35. The molecule has 0 bridgehead atoms. The summed E-state index contributed by atoms with van der Waals surface area (Å²) in [5, 5.41) is 26.6. The van der Waals surface area contributed by atoms with Crippen LogP contribution in [-0.2, 0) is 31.0 Å². The molecule has 2 fully saturated rings. The summed E-state index contributed by atoms with van der Waals surface area (Å²) in [6.45, 7) is 8.51. The number of carbonyl (C=O) groups is 2. The first-order chi connectivity index (χ1) is 21.5. The second-order valence-electron chi connectivity index (χ2n) is 12.4. The van der Waals surface area contributed by atoms with Crippen molar-refractivity contribution in [2.75, 3.05) is 32.1 Å². The van der Waals surface area contributed by atoms with Crippen molar-refractivity contribution in [3.05, 3.63) is 48.6 Å². The van der Waals surface area contributed by atoms with Gasteiger partial charge in [-0.15, -0.1) is 18.3 Å². The number of rotatable bonds is 18. The zero-order chi connectivity index (χ0) is 32.8. The van der Waals surface area contributed by atoms with Gasteiger partial charge in [0, 0.05) is 18.8 Å². The van der Waals surface area contributed by atoms with E-state index in [0.717, 1.165) is 49.4 Å². The molecule has 0 spiro atoms. The number of aliphatic hydroxyl groups is 2. The van der Waals surface area contributed by atoms with E-state index in [2.05, 4.69) is 21.9 Å². The van der Waals surface area contributed by atoms with Gasteiger partial charge in [-0.25, -0.2) is 0 Å². The minimum Gasteiger partial charge on any atom is -0.390 e. The number of hydrogen-bond acceptors (Lipinski definition) is 8. The van der Waals surface area contributed by atoms with Gasteiger partial charge in [-0.3, -0.25) is 9.59 Å². The van der Waals surface area contributed by atoms with Crippen molar-refractivity contribution in [3.63, 3.8) is 0 Å². The number of ether oxygens (including phenoxy) is 1. The number of amides is 2. The summed E-state index contributed by atoms with van der Waals surface area (Å²) < 4.78 is 35.6. The van der Waals surface area contributed by atoms with Crippen molar-refractivity contribution in [1.29, 1.82) is 0 Å². The number of carbonyl (C=O) groups excluding carboxylic acids is 2. The Morgan fingerprint density at radius 2 is 1.73 bits per heavy atom. The Kier molecular flexibility index (Phi) is 15.8. The van der Waals surface area contributed by atoms with E-state index in [0.29, 0.717) is 24.5 Å². The van der Waals surface area contributed by atoms with Gasteiger partial charge in [0.1, 0.15) is 12.1 Å². The van der Waals surface area contributed by atoms with Crippen molar-refractivity contribution >= 4 is 33.8 Å². The molecule has 1 aliphatic carbocycles. The lowest BCUT2D eigenvalue weighted by Crippen LogP contribution is -2.58. The molecule has 45 heavy (non-hydrogen) atoms. The van der Waals surface area contributed by atoms with Crippen LogP contribution in [0.25, 0.3) is 0 Å². The first-order valence-corrected chi connectivity index (χ1v) is 18.6. The van der Waals surface area contributed by atoms with E-state index in [1.807, 2.05) is 32.0 Å². The molecule has 5 N–H and O–H groups in total. The first kappa shape index (κ1) is 37.5. The van der Waals surface area contributed by atoms with Crippen LogP contribution in [0.15, 0.2) is 43.0 Å². The van der Waals surface area contributed by atoms with Gasteiger partial charge in [0.15, 0.2) is 5.37 Å². The molecule has 2 aliphatic rings. The van der Waals surface area contributed by atoms with Crippen molar-refractivity contribution in [1.82, 2.24) is 19.7 Å². The van der Waals surface area contributed by atoms with Gasteiger partial charge >= 0.3 is 0 Å². The predicted molar refractivity (Wildman–Crippen MR) is 178 cm³/mol. The lowest BCUT2D eigenvalue weighted by atomic mass is 9.82. The standard InChI is InChI=1S/C32H52N4O7S2/c1-4-19-44-32(31(40)33-26(21-24-11-7-5-8-12-24)29(38)28(37)20-23(2)3)34-30(39)27(22-25-13-9-6-10-14-25)35-45(41,42)36-15-17-43-18-16-36/h4,6,9-10,13-14,23-24,26-29,32,35,37-38H,1,5,7-8,11-12,15-22H2,2-3H3,(H,33,40)(H,34,39)/t26-,27-,28-,29+,32?/m0/s1. The summed E-state index contributed by atoms with van der Waals surface area (Å²) in [4.78, 5) is 27.5. The first-order valence-electron chi connectivity index (χ1n) is 16.1. The van der Waals surface area contributed by atoms with Gasteiger partial charge in [0.05, 0.1) is 25.4 Å². The Morgan fingerprint density at radius 1 is 1.07 bits per heavy atom. The number of thioether (sulfide) groups is 1. The van der Waals surface area contributed by atoms with Crippen LogP contribution in [0.5, 0.6) is 0 Å². The van der Waals surface area contributed by atoms with Crippen LogP contribution in [0, 0.1) is 11.8 Å². The smallest absolute Gasteiger partial charge is 0.280 e. The average molecular weight is 669 g/mol. The second kappa shape index (κ2) is 19.0. The van der Waals surface area contributed by atoms with Crippen molar-refractivity contribution in [2.45, 2.75) is 94.9 Å². The van der Waals surface area contributed by atoms with E-state index in [-0.39, 0.29) is 38.6 Å².